The van der Waals surface area contributed by atoms with Crippen LogP contribution in [0.1, 0.15) is 36.6 Å². The van der Waals surface area contributed by atoms with Gasteiger partial charge >= 0.3 is 0 Å². The van der Waals surface area contributed by atoms with Crippen LogP contribution in [0.25, 0.3) is 0 Å². The second-order valence-corrected chi connectivity index (χ2v) is 8.73. The molecule has 0 saturated carbocycles. The highest BCUT2D eigenvalue weighted by molar-refractivity contribution is 7.90. The molecule has 1 aromatic carbocycles. The quantitative estimate of drug-likeness (QED) is 0.717. The lowest BCUT2D eigenvalue weighted by Crippen LogP contribution is -2.42. The third-order valence-electron chi connectivity index (χ3n) is 4.44. The molecule has 2 bridgehead atoms. The number of aromatic amines is 1. The van der Waals surface area contributed by atoms with Gasteiger partial charge in [0.05, 0.1) is 4.90 Å². The van der Waals surface area contributed by atoms with E-state index < -0.39 is 9.84 Å². The van der Waals surface area contributed by atoms with Crippen LogP contribution < -0.4 is 11.1 Å². The maximum atomic E-state index is 10.9. The van der Waals surface area contributed by atoms with E-state index in [0.29, 0.717) is 27.8 Å². The van der Waals surface area contributed by atoms with Crippen molar-refractivity contribution >= 4 is 27.3 Å². The number of benzene rings is 1. The summed E-state index contributed by atoms with van der Waals surface area (Å²) in [4.78, 5) is 0.293. The normalized spacial score (nSPS) is 22.2. The summed E-state index contributed by atoms with van der Waals surface area (Å²) in [6.45, 7) is 0. The summed E-state index contributed by atoms with van der Waals surface area (Å²) in [6, 6.07) is 7.18. The van der Waals surface area contributed by atoms with E-state index in [-0.39, 0.29) is 0 Å². The first-order chi connectivity index (χ1) is 11.3. The molecule has 1 aromatic heterocycles. The molecule has 2 atom stereocenters. The first-order valence-electron chi connectivity index (χ1n) is 7.89. The Hall–Kier alpha value is -1.57. The van der Waals surface area contributed by atoms with E-state index >= 15 is 0 Å². The summed E-state index contributed by atoms with van der Waals surface area (Å²) in [5.74, 6) is 0.688. The fourth-order valence-corrected chi connectivity index (χ4v) is 4.04. The van der Waals surface area contributed by atoms with Gasteiger partial charge in [-0.15, -0.1) is 0 Å². The Morgan fingerprint density at radius 3 is 2.62 bits per heavy atom. The molecule has 0 amide bonds. The van der Waals surface area contributed by atoms with Gasteiger partial charge in [0.2, 0.25) is 0 Å². The highest BCUT2D eigenvalue weighted by atomic mass is 35.5. The number of nitrogens with one attached hydrogen (secondary N) is 2. The summed E-state index contributed by atoms with van der Waals surface area (Å²) in [6.07, 6.45) is 6.03. The van der Waals surface area contributed by atoms with Gasteiger partial charge in [0.15, 0.2) is 9.84 Å². The average Bonchev–Trinajstić information content (AvgIpc) is 2.89. The van der Waals surface area contributed by atoms with Crippen molar-refractivity contribution in [3.05, 3.63) is 40.5 Å². The number of nitrogen functional groups attached to an aromatic ring is 1. The predicted molar refractivity (Wildman–Crippen MR) is 94.8 cm³/mol. The zero-order chi connectivity index (χ0) is 17.3. The number of nitrogens with zero attached hydrogens (tertiary/aromatic N) is 1. The molecule has 2 unspecified atom stereocenters. The molecule has 2 aliphatic heterocycles. The molecule has 130 valence electrons. The van der Waals surface area contributed by atoms with Crippen LogP contribution in [0.15, 0.2) is 29.2 Å². The maximum absolute atomic E-state index is 10.9. The molecule has 4 rings (SSSR count). The van der Waals surface area contributed by atoms with Gasteiger partial charge < -0.3 is 11.1 Å². The van der Waals surface area contributed by atoms with Gasteiger partial charge in [-0.1, -0.05) is 11.6 Å². The van der Waals surface area contributed by atoms with Gasteiger partial charge in [-0.3, -0.25) is 5.10 Å². The molecule has 2 aliphatic rings. The Morgan fingerprint density at radius 2 is 1.96 bits per heavy atom. The minimum Gasteiger partial charge on any atom is -0.382 e. The number of piperidine rings is 1. The van der Waals surface area contributed by atoms with Crippen LogP contribution in [0.3, 0.4) is 0 Å². The second-order valence-electron chi connectivity index (χ2n) is 6.28. The molecule has 0 spiro atoms. The summed E-state index contributed by atoms with van der Waals surface area (Å²) in [7, 11) is -3.08. The van der Waals surface area contributed by atoms with E-state index in [1.54, 1.807) is 12.1 Å². The second kappa shape index (κ2) is 6.74. The van der Waals surface area contributed by atoms with Crippen molar-refractivity contribution in [1.29, 1.82) is 0 Å². The van der Waals surface area contributed by atoms with Gasteiger partial charge in [0, 0.05) is 41.0 Å². The van der Waals surface area contributed by atoms with Gasteiger partial charge in [-0.2, -0.15) is 5.10 Å². The molecule has 1 saturated heterocycles. The van der Waals surface area contributed by atoms with E-state index in [9.17, 15) is 8.42 Å². The van der Waals surface area contributed by atoms with Crippen molar-refractivity contribution < 1.29 is 8.42 Å². The third-order valence-corrected chi connectivity index (χ3v) is 5.82. The summed E-state index contributed by atoms with van der Waals surface area (Å²) < 4.78 is 21.8. The average molecular weight is 369 g/mol. The van der Waals surface area contributed by atoms with Gasteiger partial charge in [0.1, 0.15) is 5.82 Å². The van der Waals surface area contributed by atoms with Crippen molar-refractivity contribution in [2.75, 3.05) is 12.0 Å². The molecule has 4 N–H and O–H groups in total. The van der Waals surface area contributed by atoms with Crippen LogP contribution in [-0.2, 0) is 16.3 Å². The van der Waals surface area contributed by atoms with Crippen LogP contribution in [0.5, 0.6) is 0 Å². The van der Waals surface area contributed by atoms with E-state index in [4.69, 9.17) is 17.3 Å². The van der Waals surface area contributed by atoms with Gasteiger partial charge in [-0.25, -0.2) is 8.42 Å². The minimum atomic E-state index is -3.08. The number of halogens is 1. The van der Waals surface area contributed by atoms with Crippen LogP contribution in [0.4, 0.5) is 5.82 Å². The van der Waals surface area contributed by atoms with Crippen molar-refractivity contribution in [2.24, 2.45) is 0 Å². The van der Waals surface area contributed by atoms with Crippen LogP contribution >= 0.6 is 11.6 Å². The van der Waals surface area contributed by atoms with E-state index in [0.717, 1.165) is 12.7 Å². The highest BCUT2D eigenvalue weighted by Crippen LogP contribution is 2.35. The first-order valence-corrected chi connectivity index (χ1v) is 10.2. The monoisotopic (exact) mass is 368 g/mol. The Labute approximate surface area is 146 Å². The van der Waals surface area contributed by atoms with Crippen molar-refractivity contribution in [2.45, 2.75) is 42.7 Å². The molecule has 1 fully saturated rings. The Kier molecular flexibility index (Phi) is 4.85. The molecule has 3 heterocycles. The SMILES string of the molecule is CS(=O)(=O)c1ccc(Cl)cc1.Nc1n[nH]c2c1C1CCCC(C2)N1. The van der Waals surface area contributed by atoms with Crippen molar-refractivity contribution in [3.8, 4) is 0 Å². The molecule has 24 heavy (non-hydrogen) atoms. The molecule has 6 nitrogen and oxygen atoms in total. The summed E-state index contributed by atoms with van der Waals surface area (Å²) in [5.41, 5.74) is 8.30. The fourth-order valence-electron chi connectivity index (χ4n) is 3.28. The lowest BCUT2D eigenvalue weighted by atomic mass is 9.85. The van der Waals surface area contributed by atoms with Gasteiger partial charge in [0.25, 0.3) is 0 Å². The molecular formula is C16H21ClN4O2S. The third kappa shape index (κ3) is 3.74. The molecule has 0 radical (unpaired) electrons. The molecule has 0 aliphatic carbocycles. The topological polar surface area (TPSA) is 101 Å². The summed E-state index contributed by atoms with van der Waals surface area (Å²) >= 11 is 5.57. The molecule has 8 heteroatoms. The number of H-pyrrole nitrogens is 1. The largest absolute Gasteiger partial charge is 0.382 e. The van der Waals surface area contributed by atoms with Crippen LogP contribution in [0.2, 0.25) is 5.02 Å². The lowest BCUT2D eigenvalue weighted by Gasteiger charge is -2.35. The smallest absolute Gasteiger partial charge is 0.175 e. The molecule has 2 aromatic rings. The zero-order valence-corrected chi connectivity index (χ0v) is 15.0. The maximum Gasteiger partial charge on any atom is 0.175 e. The first kappa shape index (κ1) is 17.3. The number of rotatable bonds is 1. The number of anilines is 1. The predicted octanol–water partition coefficient (Wildman–Crippen LogP) is 2.47. The number of fused-ring (bicyclic) bond motifs is 4. The Bertz CT molecular complexity index is 817. The number of aromatic nitrogens is 2. The van der Waals surface area contributed by atoms with E-state index in [1.165, 1.54) is 42.7 Å². The number of hydrogen-bond acceptors (Lipinski definition) is 5. The summed E-state index contributed by atoms with van der Waals surface area (Å²) in [5, 5.41) is 11.2. The lowest BCUT2D eigenvalue weighted by molar-refractivity contribution is 0.301. The minimum absolute atomic E-state index is 0.293. The van der Waals surface area contributed by atoms with Crippen molar-refractivity contribution in [3.63, 3.8) is 0 Å². The fraction of sp³-hybridized carbons (Fsp3) is 0.438. The molecular weight excluding hydrogens is 348 g/mol. The van der Waals surface area contributed by atoms with Crippen LogP contribution in [0, 0.1) is 0 Å². The Balaban J connectivity index is 0.000000144. The number of sulfone groups is 1. The standard InChI is InChI=1S/C9H14N4.C7H7ClO2S/c10-9-8-6-3-1-2-5(11-6)4-7(8)12-13-9;1-11(9,10)7-4-2-6(8)3-5-7/h5-6,11H,1-4H2,(H3,10,12,13);2-5H,1H3. The van der Waals surface area contributed by atoms with E-state index in [1.807, 2.05) is 0 Å². The number of nitrogens with two attached hydrogens (primary N) is 1. The highest BCUT2D eigenvalue weighted by Gasteiger charge is 2.32. The number of hydrogen-bond donors (Lipinski definition) is 3. The van der Waals surface area contributed by atoms with Crippen LogP contribution in [-0.4, -0.2) is 30.9 Å². The zero-order valence-electron chi connectivity index (χ0n) is 13.4. The van der Waals surface area contributed by atoms with Crippen molar-refractivity contribution in [1.82, 2.24) is 15.5 Å². The Morgan fingerprint density at radius 1 is 1.25 bits per heavy atom. The van der Waals surface area contributed by atoms with Gasteiger partial charge in [-0.05, 0) is 43.5 Å². The van der Waals surface area contributed by atoms with E-state index in [2.05, 4.69) is 15.5 Å².